The van der Waals surface area contributed by atoms with Gasteiger partial charge in [-0.1, -0.05) is 30.3 Å². The molecule has 0 fully saturated rings. The van der Waals surface area contributed by atoms with Gasteiger partial charge in [-0.05, 0) is 24.6 Å². The van der Waals surface area contributed by atoms with Gasteiger partial charge in [-0.3, -0.25) is 0 Å². The maximum atomic E-state index is 13.7. The third kappa shape index (κ3) is 3.98. The summed E-state index contributed by atoms with van der Waals surface area (Å²) in [5.41, 5.74) is 5.75. The zero-order valence-corrected chi connectivity index (χ0v) is 18.7. The van der Waals surface area contributed by atoms with Gasteiger partial charge in [0, 0.05) is 5.56 Å². The summed E-state index contributed by atoms with van der Waals surface area (Å²) in [6.07, 6.45) is -3.53. The fourth-order valence-corrected chi connectivity index (χ4v) is 3.93. The number of aryl methyl sites for hydroxylation is 1. The second-order valence-corrected chi connectivity index (χ2v) is 7.97. The molecule has 4 aromatic heterocycles. The molecule has 5 aromatic rings. The van der Waals surface area contributed by atoms with E-state index in [1.807, 2.05) is 0 Å². The Balaban J connectivity index is 1.86. The number of rotatable bonds is 5. The summed E-state index contributed by atoms with van der Waals surface area (Å²) in [5, 5.41) is 12.6. The number of halogens is 3. The van der Waals surface area contributed by atoms with Crippen LogP contribution in [0, 0.1) is 6.92 Å². The lowest BCUT2D eigenvalue weighted by Crippen LogP contribution is -2.44. The maximum Gasteiger partial charge on any atom is 0.433 e. The van der Waals surface area contributed by atoms with Crippen LogP contribution in [0.25, 0.3) is 28.0 Å². The lowest BCUT2D eigenvalue weighted by molar-refractivity contribution is -0.516. The third-order valence-electron chi connectivity index (χ3n) is 5.63. The number of aliphatic hydroxyl groups excluding tert-OH is 1. The summed E-state index contributed by atoms with van der Waals surface area (Å²) in [4.78, 5) is 25.2. The first kappa shape index (κ1) is 23.2. The molecule has 0 unspecified atom stereocenters. The van der Waals surface area contributed by atoms with Gasteiger partial charge >= 0.3 is 17.8 Å². The van der Waals surface area contributed by atoms with Gasteiger partial charge in [0.15, 0.2) is 6.39 Å². The van der Waals surface area contributed by atoms with Crippen molar-refractivity contribution in [2.45, 2.75) is 26.3 Å². The fourth-order valence-electron chi connectivity index (χ4n) is 3.93. The molecule has 0 spiro atoms. The summed E-state index contributed by atoms with van der Waals surface area (Å²) in [6.45, 7) is 0.956. The van der Waals surface area contributed by atoms with Crippen LogP contribution in [-0.2, 0) is 19.3 Å². The first-order valence-corrected chi connectivity index (χ1v) is 10.6. The Morgan fingerprint density at radius 2 is 1.92 bits per heavy atom. The number of fused-ring (bicyclic) bond motifs is 1. The lowest BCUT2D eigenvalue weighted by Gasteiger charge is -2.13. The van der Waals surface area contributed by atoms with Crippen molar-refractivity contribution in [1.29, 1.82) is 0 Å². The number of aromatic nitrogens is 6. The van der Waals surface area contributed by atoms with Crippen LogP contribution in [0.4, 0.5) is 19.1 Å². The number of nitrogens with zero attached hydrogens (tertiary/aromatic N) is 5. The Kier molecular flexibility index (Phi) is 5.55. The summed E-state index contributed by atoms with van der Waals surface area (Å²) in [5.74, 6) is 0.329. The number of nitrogens with two attached hydrogens (primary N) is 1. The predicted octanol–water partition coefficient (Wildman–Crippen LogP) is 2.48. The minimum Gasteiger partial charge on any atom is -0.448 e. The highest BCUT2D eigenvalue weighted by molar-refractivity contribution is 5.88. The van der Waals surface area contributed by atoms with Crippen molar-refractivity contribution >= 4 is 11.6 Å². The van der Waals surface area contributed by atoms with Crippen molar-refractivity contribution in [3.8, 4) is 22.4 Å². The van der Waals surface area contributed by atoms with E-state index in [1.54, 1.807) is 37.3 Å². The smallest absolute Gasteiger partial charge is 0.433 e. The quantitative estimate of drug-likeness (QED) is 0.316. The molecule has 184 valence electrons. The van der Waals surface area contributed by atoms with Gasteiger partial charge in [0.2, 0.25) is 5.65 Å². The van der Waals surface area contributed by atoms with E-state index in [4.69, 9.17) is 10.2 Å². The van der Waals surface area contributed by atoms with E-state index >= 15 is 0 Å². The molecule has 13 heteroatoms. The highest BCUT2D eigenvalue weighted by atomic mass is 19.4. The zero-order valence-electron chi connectivity index (χ0n) is 18.7. The van der Waals surface area contributed by atoms with Gasteiger partial charge in [0.05, 0.1) is 17.9 Å². The van der Waals surface area contributed by atoms with Crippen molar-refractivity contribution in [2.24, 2.45) is 0 Å². The molecule has 0 bridgehead atoms. The molecule has 0 aliphatic heterocycles. The number of nitrogen functional groups attached to an aromatic ring is 1. The molecule has 5 rings (SSSR count). The number of oxazole rings is 1. The largest absolute Gasteiger partial charge is 0.448 e. The maximum absolute atomic E-state index is 13.7. The summed E-state index contributed by atoms with van der Waals surface area (Å²) in [7, 11) is 0. The number of H-pyrrole nitrogens is 1. The van der Waals surface area contributed by atoms with Crippen LogP contribution in [0.2, 0.25) is 0 Å². The van der Waals surface area contributed by atoms with Crippen molar-refractivity contribution in [1.82, 2.24) is 24.7 Å². The van der Waals surface area contributed by atoms with Crippen LogP contribution in [0.1, 0.15) is 22.8 Å². The van der Waals surface area contributed by atoms with Crippen molar-refractivity contribution in [2.75, 3.05) is 5.73 Å². The van der Waals surface area contributed by atoms with Crippen molar-refractivity contribution in [3.63, 3.8) is 0 Å². The summed E-state index contributed by atoms with van der Waals surface area (Å²) >= 11 is 0. The number of hydrogen-bond donors (Lipinski definition) is 3. The first-order valence-electron chi connectivity index (χ1n) is 10.6. The number of hydrogen-bond acceptors (Lipinski definition) is 7. The number of anilines is 1. The summed E-state index contributed by atoms with van der Waals surface area (Å²) < 4.78 is 48.4. The van der Waals surface area contributed by atoms with Gasteiger partial charge in [0.25, 0.3) is 0 Å². The Morgan fingerprint density at radius 1 is 1.17 bits per heavy atom. The van der Waals surface area contributed by atoms with E-state index in [1.165, 1.54) is 17.1 Å². The van der Waals surface area contributed by atoms with Crippen molar-refractivity contribution < 1.29 is 27.1 Å². The highest BCUT2D eigenvalue weighted by Gasteiger charge is 2.34. The van der Waals surface area contributed by atoms with E-state index in [2.05, 4.69) is 20.1 Å². The van der Waals surface area contributed by atoms with E-state index in [0.29, 0.717) is 17.0 Å². The van der Waals surface area contributed by atoms with E-state index < -0.39 is 24.2 Å². The molecule has 4 heterocycles. The molecule has 0 aliphatic rings. The van der Waals surface area contributed by atoms with Gasteiger partial charge < -0.3 is 15.3 Å². The van der Waals surface area contributed by atoms with Gasteiger partial charge in [-0.15, -0.1) is 9.38 Å². The van der Waals surface area contributed by atoms with Crippen LogP contribution in [-0.4, -0.2) is 29.8 Å². The number of aromatic amines is 1. The molecule has 0 atom stereocenters. The predicted molar refractivity (Wildman–Crippen MR) is 120 cm³/mol. The van der Waals surface area contributed by atoms with E-state index in [0.717, 1.165) is 10.5 Å². The molecular weight excluding hydrogens is 479 g/mol. The molecule has 10 nitrogen and oxygen atoms in total. The number of benzene rings is 1. The zero-order chi connectivity index (χ0) is 25.6. The molecule has 4 N–H and O–H groups in total. The monoisotopic (exact) mass is 498 g/mol. The molecule has 0 radical (unpaired) electrons. The van der Waals surface area contributed by atoms with E-state index in [9.17, 15) is 23.1 Å². The second-order valence-electron chi connectivity index (χ2n) is 7.97. The Labute approximate surface area is 200 Å². The highest BCUT2D eigenvalue weighted by Crippen LogP contribution is 2.36. The molecule has 1 aromatic carbocycles. The summed E-state index contributed by atoms with van der Waals surface area (Å²) in [6, 6.07) is 10.8. The minimum absolute atomic E-state index is 0.00552. The first-order chi connectivity index (χ1) is 17.2. The van der Waals surface area contributed by atoms with Crippen LogP contribution in [0.3, 0.4) is 0 Å². The topological polar surface area (TPSA) is 140 Å². The SMILES string of the molecule is Cc1ocnc1Cn1[nH]c2c(-c3cc(CO)nc(C(F)(F)F)c3)c(-c3ccccc3)nc(N)[n+]2c1=O. The number of alkyl halides is 3. The van der Waals surface area contributed by atoms with Crippen LogP contribution < -0.4 is 15.8 Å². The number of nitrogens with one attached hydrogen (secondary N) is 1. The number of pyridine rings is 1. The van der Waals surface area contributed by atoms with Crippen LogP contribution >= 0.6 is 0 Å². The average Bonchev–Trinajstić information content (AvgIpc) is 3.41. The Bertz CT molecular complexity index is 1640. The second kappa shape index (κ2) is 8.61. The number of aliphatic hydroxyl groups is 1. The van der Waals surface area contributed by atoms with Gasteiger partial charge in [-0.25, -0.2) is 19.9 Å². The van der Waals surface area contributed by atoms with Crippen LogP contribution in [0.15, 0.2) is 58.1 Å². The minimum atomic E-state index is -4.77. The Morgan fingerprint density at radius 3 is 2.56 bits per heavy atom. The van der Waals surface area contributed by atoms with Crippen LogP contribution in [0.5, 0.6) is 0 Å². The lowest BCUT2D eigenvalue weighted by atomic mass is 9.99. The average molecular weight is 498 g/mol. The van der Waals surface area contributed by atoms with Crippen molar-refractivity contribution in [3.05, 3.63) is 82.2 Å². The normalized spacial score (nSPS) is 11.9. The van der Waals surface area contributed by atoms with Gasteiger partial charge in [0.1, 0.15) is 29.4 Å². The van der Waals surface area contributed by atoms with Gasteiger partial charge in [-0.2, -0.15) is 17.9 Å². The Hall–Kier alpha value is -4.52. The molecular formula is C23H19F3N7O3+. The molecule has 0 saturated heterocycles. The molecule has 0 aliphatic carbocycles. The molecule has 36 heavy (non-hydrogen) atoms. The fraction of sp³-hybridized carbons (Fsp3) is 0.174. The van der Waals surface area contributed by atoms with E-state index in [-0.39, 0.29) is 40.7 Å². The third-order valence-corrected chi connectivity index (χ3v) is 5.63. The molecule has 0 saturated carbocycles. The standard InChI is InChI=1S/C23H18F3N7O3/c1-12-16(28-11-36-12)9-32-22(35)33-20(31-32)18(19(30-21(33)27)13-5-3-2-4-6-13)14-7-15(10-34)29-17(8-14)23(24,25)26/h2-8,11,34H,9-10H2,1H3,(H2,27,29,30,31)/p+1. The molecule has 0 amide bonds.